The molecule has 0 atom stereocenters. The zero-order valence-electron chi connectivity index (χ0n) is 36.2. The van der Waals surface area contributed by atoms with Crippen molar-refractivity contribution in [2.45, 2.75) is 6.18 Å². The van der Waals surface area contributed by atoms with Gasteiger partial charge in [-0.1, -0.05) is 109 Å². The largest absolute Gasteiger partial charge is 0.416 e. The molecule has 9 aromatic carbocycles. The van der Waals surface area contributed by atoms with Gasteiger partial charge in [0.25, 0.3) is 0 Å². The Hall–Kier alpha value is -8.88. The average molecular weight is 884 g/mol. The standard InChI is InChI=1S/C60H36F3N5/c61-60(62,63)37-27-30-57(67-53-24-11-5-18-44(53)46-35-38(28-31-55(46)67)65-49-20-7-1-14-40(49)41-15-2-8-21-50(41)65)48(34-37)59-58(26-13-33-64-59)68-54-25-12-6-19-45(54)47-36-39(29-32-56(47)68)66-51-22-9-3-16-42(51)43-17-4-10-23-52(43)66/h1-36H. The summed E-state index contributed by atoms with van der Waals surface area (Å²) in [6.45, 7) is 0. The number of hydrogen-bond donors (Lipinski definition) is 0. The summed E-state index contributed by atoms with van der Waals surface area (Å²) in [6.07, 6.45) is -2.93. The Morgan fingerprint density at radius 3 is 1.10 bits per heavy atom. The first kappa shape index (κ1) is 38.4. The summed E-state index contributed by atoms with van der Waals surface area (Å²) in [4.78, 5) is 5.00. The first-order chi connectivity index (χ1) is 33.4. The molecule has 0 aliphatic carbocycles. The van der Waals surface area contributed by atoms with Crippen molar-refractivity contribution in [2.24, 2.45) is 0 Å². The molecule has 0 bridgehead atoms. The van der Waals surface area contributed by atoms with Gasteiger partial charge in [0.2, 0.25) is 0 Å². The van der Waals surface area contributed by atoms with Crippen molar-refractivity contribution in [1.29, 1.82) is 0 Å². The van der Waals surface area contributed by atoms with Crippen molar-refractivity contribution < 1.29 is 13.2 Å². The monoisotopic (exact) mass is 883 g/mol. The number of pyridine rings is 1. The molecule has 0 saturated carbocycles. The SMILES string of the molecule is FC(F)(F)c1ccc(-n2c3ccccc3c3cc(-n4c5ccccc5c5ccccc54)ccc32)c(-c2ncccc2-n2c3ccccc3c3cc(-n4c5ccccc5c5ccccc54)ccc32)c1. The smallest absolute Gasteiger partial charge is 0.309 e. The quantitative estimate of drug-likeness (QED) is 0.169. The normalized spacial score (nSPS) is 12.3. The second kappa shape index (κ2) is 14.3. The lowest BCUT2D eigenvalue weighted by Crippen LogP contribution is -2.08. The van der Waals surface area contributed by atoms with Gasteiger partial charge in [0.05, 0.1) is 66.8 Å². The van der Waals surface area contributed by atoms with Crippen molar-refractivity contribution in [3.05, 3.63) is 224 Å². The van der Waals surface area contributed by atoms with Crippen molar-refractivity contribution in [1.82, 2.24) is 23.3 Å². The Bertz CT molecular complexity index is 4280. The minimum absolute atomic E-state index is 0.359. The topological polar surface area (TPSA) is 32.6 Å². The second-order valence-electron chi connectivity index (χ2n) is 17.4. The number of benzene rings is 9. The van der Waals surface area contributed by atoms with Crippen LogP contribution in [0.1, 0.15) is 5.56 Å². The Morgan fingerprint density at radius 2 is 0.676 bits per heavy atom. The fraction of sp³-hybridized carbons (Fsp3) is 0.0167. The molecule has 0 aliphatic rings. The predicted molar refractivity (Wildman–Crippen MR) is 272 cm³/mol. The molecule has 5 heterocycles. The Kier molecular flexibility index (Phi) is 8.08. The molecule has 68 heavy (non-hydrogen) atoms. The van der Waals surface area contributed by atoms with E-state index in [4.69, 9.17) is 4.98 Å². The highest BCUT2D eigenvalue weighted by molar-refractivity contribution is 6.14. The average Bonchev–Trinajstić information content (AvgIpc) is 4.11. The van der Waals surface area contributed by atoms with E-state index in [0.717, 1.165) is 87.8 Å². The molecule has 14 aromatic rings. The second-order valence-corrected chi connectivity index (χ2v) is 17.4. The molecule has 0 amide bonds. The predicted octanol–water partition coefficient (Wildman–Crippen LogP) is 16.2. The number of hydrogen-bond acceptors (Lipinski definition) is 1. The molecule has 5 nitrogen and oxygen atoms in total. The van der Waals surface area contributed by atoms with Crippen molar-refractivity contribution in [3.63, 3.8) is 0 Å². The minimum atomic E-state index is -4.60. The maximum Gasteiger partial charge on any atom is 0.416 e. The maximum absolute atomic E-state index is 15.0. The van der Waals surface area contributed by atoms with Gasteiger partial charge in [0.15, 0.2) is 0 Å². The summed E-state index contributed by atoms with van der Waals surface area (Å²) in [6, 6.07) is 70.8. The summed E-state index contributed by atoms with van der Waals surface area (Å²) in [5, 5.41) is 8.68. The third-order valence-corrected chi connectivity index (χ3v) is 13.8. The molecule has 8 heteroatoms. The third-order valence-electron chi connectivity index (χ3n) is 13.8. The first-order valence-corrected chi connectivity index (χ1v) is 22.6. The molecule has 0 N–H and O–H groups in total. The number of nitrogens with zero attached hydrogens (tertiary/aromatic N) is 5. The highest BCUT2D eigenvalue weighted by Crippen LogP contribution is 2.44. The molecule has 322 valence electrons. The van der Waals surface area contributed by atoms with Gasteiger partial charge in [-0.05, 0) is 103 Å². The zero-order valence-corrected chi connectivity index (χ0v) is 36.2. The summed E-state index contributed by atoms with van der Waals surface area (Å²) in [7, 11) is 0. The number of para-hydroxylation sites is 6. The fourth-order valence-corrected chi connectivity index (χ4v) is 11.0. The van der Waals surface area contributed by atoms with Crippen molar-refractivity contribution >= 4 is 87.2 Å². The van der Waals surface area contributed by atoms with Gasteiger partial charge < -0.3 is 18.3 Å². The van der Waals surface area contributed by atoms with Crippen LogP contribution in [0.4, 0.5) is 13.2 Å². The number of halogens is 3. The van der Waals surface area contributed by atoms with Crippen molar-refractivity contribution in [2.75, 3.05) is 0 Å². The molecule has 0 unspecified atom stereocenters. The molecule has 0 radical (unpaired) electrons. The van der Waals surface area contributed by atoms with Crippen LogP contribution < -0.4 is 0 Å². The van der Waals surface area contributed by atoms with E-state index < -0.39 is 11.7 Å². The van der Waals surface area contributed by atoms with Gasteiger partial charge in [0.1, 0.15) is 0 Å². The van der Waals surface area contributed by atoms with Gasteiger partial charge in [-0.15, -0.1) is 0 Å². The molecular formula is C60H36F3N5. The van der Waals surface area contributed by atoms with E-state index >= 15 is 0 Å². The number of fused-ring (bicyclic) bond motifs is 12. The van der Waals surface area contributed by atoms with E-state index in [0.29, 0.717) is 22.6 Å². The van der Waals surface area contributed by atoms with Gasteiger partial charge in [-0.25, -0.2) is 0 Å². The molecule has 5 aromatic heterocycles. The minimum Gasteiger partial charge on any atom is -0.309 e. The Morgan fingerprint density at radius 1 is 0.309 bits per heavy atom. The van der Waals surface area contributed by atoms with Crippen molar-refractivity contribution in [3.8, 4) is 34.0 Å². The lowest BCUT2D eigenvalue weighted by molar-refractivity contribution is -0.137. The molecule has 0 spiro atoms. The van der Waals surface area contributed by atoms with E-state index in [-0.39, 0.29) is 0 Å². The molecule has 0 aliphatic heterocycles. The van der Waals surface area contributed by atoms with E-state index in [1.807, 2.05) is 42.5 Å². The third kappa shape index (κ3) is 5.48. The van der Waals surface area contributed by atoms with Gasteiger partial charge >= 0.3 is 6.18 Å². The summed E-state index contributed by atoms with van der Waals surface area (Å²) in [5.41, 5.74) is 11.3. The highest BCUT2D eigenvalue weighted by Gasteiger charge is 2.33. The highest BCUT2D eigenvalue weighted by atomic mass is 19.4. The van der Waals surface area contributed by atoms with Crippen LogP contribution in [0.2, 0.25) is 0 Å². The van der Waals surface area contributed by atoms with Crippen LogP contribution in [0.5, 0.6) is 0 Å². The summed E-state index contributed by atoms with van der Waals surface area (Å²) < 4.78 is 53.7. The van der Waals surface area contributed by atoms with Crippen LogP contribution in [0.25, 0.3) is 121 Å². The summed E-state index contributed by atoms with van der Waals surface area (Å²) >= 11 is 0. The zero-order chi connectivity index (χ0) is 45.3. The van der Waals surface area contributed by atoms with Crippen LogP contribution in [0.15, 0.2) is 219 Å². The number of rotatable bonds is 5. The lowest BCUT2D eigenvalue weighted by atomic mass is 10.0. The Labute approximate surface area is 386 Å². The van der Waals surface area contributed by atoms with E-state index in [2.05, 4.69) is 170 Å². The molecule has 0 fully saturated rings. The first-order valence-electron chi connectivity index (χ1n) is 22.6. The molecule has 14 rings (SSSR count). The fourth-order valence-electron chi connectivity index (χ4n) is 11.0. The van der Waals surface area contributed by atoms with Crippen LogP contribution >= 0.6 is 0 Å². The number of alkyl halides is 3. The van der Waals surface area contributed by atoms with Crippen LogP contribution in [0, 0.1) is 0 Å². The Balaban J connectivity index is 1.00. The van der Waals surface area contributed by atoms with Crippen LogP contribution in [-0.2, 0) is 6.18 Å². The van der Waals surface area contributed by atoms with E-state index in [1.165, 1.54) is 22.9 Å². The summed E-state index contributed by atoms with van der Waals surface area (Å²) in [5.74, 6) is 0. The van der Waals surface area contributed by atoms with Gasteiger partial charge in [-0.2, -0.15) is 13.2 Å². The van der Waals surface area contributed by atoms with Crippen LogP contribution in [0.3, 0.4) is 0 Å². The van der Waals surface area contributed by atoms with Gasteiger partial charge in [0, 0.05) is 66.2 Å². The molecule has 0 saturated heterocycles. The number of aromatic nitrogens is 5. The van der Waals surface area contributed by atoms with E-state index in [9.17, 15) is 13.2 Å². The van der Waals surface area contributed by atoms with Crippen LogP contribution in [-0.4, -0.2) is 23.3 Å². The van der Waals surface area contributed by atoms with Gasteiger partial charge in [-0.3, -0.25) is 4.98 Å². The maximum atomic E-state index is 15.0. The molecular weight excluding hydrogens is 848 g/mol. The van der Waals surface area contributed by atoms with E-state index in [1.54, 1.807) is 12.3 Å². The lowest BCUT2D eigenvalue weighted by Gasteiger charge is -2.19.